The number of carbonyl (C=O) groups excluding carboxylic acids is 1. The molecule has 0 bridgehead atoms. The number of aromatic amines is 1. The number of thiophene rings is 1. The Hall–Kier alpha value is -2.11. The fourth-order valence-corrected chi connectivity index (χ4v) is 3.21. The molecule has 1 unspecified atom stereocenters. The summed E-state index contributed by atoms with van der Waals surface area (Å²) < 4.78 is 0. The van der Waals surface area contributed by atoms with E-state index in [1.165, 1.54) is 11.3 Å². The van der Waals surface area contributed by atoms with Crippen molar-refractivity contribution in [3.8, 4) is 0 Å². The molecule has 1 aromatic carbocycles. The zero-order valence-electron chi connectivity index (χ0n) is 12.3. The molecule has 5 heteroatoms. The van der Waals surface area contributed by atoms with Crippen LogP contribution in [0.3, 0.4) is 0 Å². The molecule has 0 aliphatic rings. The Morgan fingerprint density at radius 3 is 2.91 bits per heavy atom. The summed E-state index contributed by atoms with van der Waals surface area (Å²) in [4.78, 5) is 18.0. The summed E-state index contributed by atoms with van der Waals surface area (Å²) in [6.07, 6.45) is 1.58. The molecule has 0 saturated carbocycles. The number of nitrogens with zero attached hydrogens (tertiary/aromatic N) is 1. The van der Waals surface area contributed by atoms with Crippen LogP contribution < -0.4 is 0 Å². The summed E-state index contributed by atoms with van der Waals surface area (Å²) in [5.41, 5.74) is 2.02. The molecule has 2 aromatic heterocycles. The van der Waals surface area contributed by atoms with Crippen LogP contribution in [0.1, 0.15) is 16.5 Å². The molecule has 0 aliphatic heterocycles. The summed E-state index contributed by atoms with van der Waals surface area (Å²) in [6, 6.07) is 11.7. The van der Waals surface area contributed by atoms with Gasteiger partial charge in [0, 0.05) is 29.0 Å². The number of aliphatic hydroxyl groups excluding tert-OH is 1. The van der Waals surface area contributed by atoms with Crippen molar-refractivity contribution in [2.75, 3.05) is 13.6 Å². The van der Waals surface area contributed by atoms with Crippen molar-refractivity contribution in [1.82, 2.24) is 9.88 Å². The van der Waals surface area contributed by atoms with E-state index in [9.17, 15) is 9.90 Å². The van der Waals surface area contributed by atoms with Crippen LogP contribution >= 0.6 is 11.3 Å². The molecule has 3 aromatic rings. The molecule has 22 heavy (non-hydrogen) atoms. The van der Waals surface area contributed by atoms with Gasteiger partial charge in [-0.05, 0) is 23.1 Å². The number of para-hydroxylation sites is 1. The average molecular weight is 314 g/mol. The zero-order chi connectivity index (χ0) is 15.5. The second kappa shape index (κ2) is 6.34. The molecule has 3 rings (SSSR count). The maximum atomic E-state index is 12.4. The Balaban J connectivity index is 1.66. The van der Waals surface area contributed by atoms with Crippen LogP contribution in [0, 0.1) is 0 Å². The first-order chi connectivity index (χ1) is 10.6. The van der Waals surface area contributed by atoms with E-state index < -0.39 is 6.10 Å². The molecule has 114 valence electrons. The predicted octanol–water partition coefficient (Wildman–Crippen LogP) is 2.96. The van der Waals surface area contributed by atoms with Crippen molar-refractivity contribution in [2.24, 2.45) is 0 Å². The fraction of sp³-hybridized carbons (Fsp3) is 0.235. The van der Waals surface area contributed by atoms with Gasteiger partial charge in [-0.1, -0.05) is 24.3 Å². The topological polar surface area (TPSA) is 56.3 Å². The van der Waals surface area contributed by atoms with Crippen LogP contribution in [-0.4, -0.2) is 34.5 Å². The minimum absolute atomic E-state index is 0.000333. The molecule has 0 radical (unpaired) electrons. The molecule has 0 saturated heterocycles. The van der Waals surface area contributed by atoms with E-state index in [2.05, 4.69) is 4.98 Å². The van der Waals surface area contributed by atoms with Crippen LogP contribution in [0.25, 0.3) is 10.9 Å². The van der Waals surface area contributed by atoms with Gasteiger partial charge in [0.15, 0.2) is 0 Å². The van der Waals surface area contributed by atoms with E-state index in [1.807, 2.05) is 48.0 Å². The standard InChI is InChI=1S/C17H18N2O2S/c1-19(11-15(20)16-7-4-8-22-16)17(21)9-12-10-18-14-6-3-2-5-13(12)14/h2-8,10,15,18,20H,9,11H2,1H3. The molecule has 0 fully saturated rings. The molecule has 0 aliphatic carbocycles. The first kappa shape index (κ1) is 14.8. The molecule has 0 spiro atoms. The van der Waals surface area contributed by atoms with Gasteiger partial charge in [0.1, 0.15) is 6.10 Å². The molecule has 4 nitrogen and oxygen atoms in total. The lowest BCUT2D eigenvalue weighted by Crippen LogP contribution is -2.32. The Morgan fingerprint density at radius 2 is 2.14 bits per heavy atom. The van der Waals surface area contributed by atoms with Gasteiger partial charge in [-0.3, -0.25) is 4.79 Å². The number of H-pyrrole nitrogens is 1. The number of nitrogens with one attached hydrogen (secondary N) is 1. The molecule has 1 amide bonds. The van der Waals surface area contributed by atoms with Crippen LogP contribution in [0.2, 0.25) is 0 Å². The monoisotopic (exact) mass is 314 g/mol. The van der Waals surface area contributed by atoms with Crippen molar-refractivity contribution in [2.45, 2.75) is 12.5 Å². The number of aliphatic hydroxyl groups is 1. The summed E-state index contributed by atoms with van der Waals surface area (Å²) in [5, 5.41) is 13.1. The van der Waals surface area contributed by atoms with Crippen molar-refractivity contribution >= 4 is 28.1 Å². The smallest absolute Gasteiger partial charge is 0.226 e. The van der Waals surface area contributed by atoms with Crippen LogP contribution in [0.4, 0.5) is 0 Å². The average Bonchev–Trinajstić information content (AvgIpc) is 3.17. The number of fused-ring (bicyclic) bond motifs is 1. The van der Waals surface area contributed by atoms with E-state index in [4.69, 9.17) is 0 Å². The van der Waals surface area contributed by atoms with Gasteiger partial charge in [0.05, 0.1) is 13.0 Å². The Bertz CT molecular complexity index is 764. The highest BCUT2D eigenvalue weighted by Gasteiger charge is 2.17. The van der Waals surface area contributed by atoms with Gasteiger partial charge in [-0.25, -0.2) is 0 Å². The first-order valence-corrected chi connectivity index (χ1v) is 8.03. The summed E-state index contributed by atoms with van der Waals surface area (Å²) in [6.45, 7) is 0.307. The minimum atomic E-state index is -0.628. The number of amides is 1. The fourth-order valence-electron chi connectivity index (χ4n) is 2.51. The maximum absolute atomic E-state index is 12.4. The van der Waals surface area contributed by atoms with E-state index in [1.54, 1.807) is 11.9 Å². The number of aromatic nitrogens is 1. The molecule has 2 heterocycles. The van der Waals surface area contributed by atoms with Crippen LogP contribution in [0.15, 0.2) is 48.0 Å². The lowest BCUT2D eigenvalue weighted by molar-refractivity contribution is -0.130. The molecule has 1 atom stereocenters. The zero-order valence-corrected chi connectivity index (χ0v) is 13.1. The number of hydrogen-bond acceptors (Lipinski definition) is 3. The molecular weight excluding hydrogens is 296 g/mol. The second-order valence-corrected chi connectivity index (χ2v) is 6.32. The minimum Gasteiger partial charge on any atom is -0.386 e. The second-order valence-electron chi connectivity index (χ2n) is 5.34. The largest absolute Gasteiger partial charge is 0.386 e. The number of likely N-dealkylation sites (N-methyl/N-ethyl adjacent to an activating group) is 1. The van der Waals surface area contributed by atoms with Crippen molar-refractivity contribution < 1.29 is 9.90 Å². The van der Waals surface area contributed by atoms with E-state index in [-0.39, 0.29) is 5.91 Å². The molecule has 2 N–H and O–H groups in total. The SMILES string of the molecule is CN(CC(O)c1cccs1)C(=O)Cc1c[nH]c2ccccc12. The third kappa shape index (κ3) is 3.05. The number of rotatable bonds is 5. The summed E-state index contributed by atoms with van der Waals surface area (Å²) in [5.74, 6) is 0.000333. The van der Waals surface area contributed by atoms with E-state index >= 15 is 0 Å². The maximum Gasteiger partial charge on any atom is 0.226 e. The highest BCUT2D eigenvalue weighted by molar-refractivity contribution is 7.10. The van der Waals surface area contributed by atoms with Crippen LogP contribution in [0.5, 0.6) is 0 Å². The lowest BCUT2D eigenvalue weighted by Gasteiger charge is -2.20. The van der Waals surface area contributed by atoms with E-state index in [0.29, 0.717) is 13.0 Å². The predicted molar refractivity (Wildman–Crippen MR) is 88.9 cm³/mol. The van der Waals surface area contributed by atoms with Gasteiger partial charge in [0.25, 0.3) is 0 Å². The summed E-state index contributed by atoms with van der Waals surface area (Å²) in [7, 11) is 1.73. The van der Waals surface area contributed by atoms with Gasteiger partial charge in [-0.2, -0.15) is 0 Å². The highest BCUT2D eigenvalue weighted by atomic mass is 32.1. The Kier molecular flexibility index (Phi) is 4.27. The molecular formula is C17H18N2O2S. The van der Waals surface area contributed by atoms with E-state index in [0.717, 1.165) is 21.3 Å². The van der Waals surface area contributed by atoms with Crippen molar-refractivity contribution in [1.29, 1.82) is 0 Å². The van der Waals surface area contributed by atoms with Crippen molar-refractivity contribution in [3.63, 3.8) is 0 Å². The van der Waals surface area contributed by atoms with Gasteiger partial charge in [-0.15, -0.1) is 11.3 Å². The van der Waals surface area contributed by atoms with Crippen molar-refractivity contribution in [3.05, 3.63) is 58.4 Å². The number of benzene rings is 1. The first-order valence-electron chi connectivity index (χ1n) is 7.15. The van der Waals surface area contributed by atoms with Crippen LogP contribution in [-0.2, 0) is 11.2 Å². The van der Waals surface area contributed by atoms with Gasteiger partial charge >= 0.3 is 0 Å². The third-order valence-corrected chi connectivity index (χ3v) is 4.73. The lowest BCUT2D eigenvalue weighted by atomic mass is 10.1. The quantitative estimate of drug-likeness (QED) is 0.761. The van der Waals surface area contributed by atoms with Gasteiger partial charge < -0.3 is 15.0 Å². The normalized spacial score (nSPS) is 12.5. The summed E-state index contributed by atoms with van der Waals surface area (Å²) >= 11 is 1.50. The van der Waals surface area contributed by atoms with Gasteiger partial charge in [0.2, 0.25) is 5.91 Å². The Labute approximate surface area is 133 Å². The Morgan fingerprint density at radius 1 is 1.32 bits per heavy atom. The highest BCUT2D eigenvalue weighted by Crippen LogP contribution is 2.21. The third-order valence-electron chi connectivity index (χ3n) is 3.76. The number of hydrogen-bond donors (Lipinski definition) is 2. The number of carbonyl (C=O) groups is 1.